The van der Waals surface area contributed by atoms with Crippen LogP contribution in [0.2, 0.25) is 0 Å². The number of rotatable bonds is 5. The Hall–Kier alpha value is -3.02. The van der Waals surface area contributed by atoms with Crippen molar-refractivity contribution in [3.8, 4) is 5.75 Å². The molecule has 170 valence electrons. The Labute approximate surface area is 190 Å². The average Bonchev–Trinajstić information content (AvgIpc) is 3.10. The average molecular weight is 436 g/mol. The molecule has 6 heteroatoms. The van der Waals surface area contributed by atoms with Crippen LogP contribution in [0.4, 0.5) is 4.79 Å². The maximum Gasteiger partial charge on any atom is 0.317 e. The van der Waals surface area contributed by atoms with Crippen LogP contribution < -0.4 is 10.1 Å². The number of urea groups is 1. The van der Waals surface area contributed by atoms with Crippen LogP contribution in [-0.4, -0.2) is 54.0 Å². The molecule has 2 aromatic rings. The van der Waals surface area contributed by atoms with Gasteiger partial charge in [-0.05, 0) is 61.9 Å². The molecule has 0 bridgehead atoms. The van der Waals surface area contributed by atoms with E-state index in [-0.39, 0.29) is 11.9 Å². The minimum absolute atomic E-state index is 0.0302. The van der Waals surface area contributed by atoms with Crippen molar-refractivity contribution in [3.05, 3.63) is 65.7 Å². The van der Waals surface area contributed by atoms with Crippen LogP contribution in [0.15, 0.2) is 54.6 Å². The van der Waals surface area contributed by atoms with Crippen molar-refractivity contribution >= 4 is 11.9 Å². The van der Waals surface area contributed by atoms with Crippen LogP contribution in [0.25, 0.3) is 0 Å². The second-order valence-electron chi connectivity index (χ2n) is 8.68. The third-order valence-corrected chi connectivity index (χ3v) is 6.29. The van der Waals surface area contributed by atoms with E-state index in [4.69, 9.17) is 4.74 Å². The Morgan fingerprint density at radius 2 is 1.59 bits per heavy atom. The van der Waals surface area contributed by atoms with Crippen molar-refractivity contribution in [2.24, 2.45) is 0 Å². The van der Waals surface area contributed by atoms with Gasteiger partial charge < -0.3 is 19.9 Å². The fourth-order valence-electron chi connectivity index (χ4n) is 4.48. The van der Waals surface area contributed by atoms with Crippen molar-refractivity contribution < 1.29 is 14.3 Å². The molecule has 1 N–H and O–H groups in total. The molecule has 1 saturated carbocycles. The molecule has 0 atom stereocenters. The van der Waals surface area contributed by atoms with Gasteiger partial charge in [0, 0.05) is 38.3 Å². The van der Waals surface area contributed by atoms with Gasteiger partial charge in [0.05, 0.1) is 6.10 Å². The number of hydrogen-bond donors (Lipinski definition) is 1. The predicted octanol–water partition coefficient (Wildman–Crippen LogP) is 4.46. The molecule has 3 amide bonds. The largest absolute Gasteiger partial charge is 0.490 e. The Balaban J connectivity index is 1.26. The molecule has 4 rings (SSSR count). The Bertz CT molecular complexity index is 896. The Kier molecular flexibility index (Phi) is 7.64. The van der Waals surface area contributed by atoms with Gasteiger partial charge in [-0.15, -0.1) is 0 Å². The van der Waals surface area contributed by atoms with Crippen LogP contribution in [0, 0.1) is 0 Å². The van der Waals surface area contributed by atoms with E-state index in [1.807, 2.05) is 59.5 Å². The topological polar surface area (TPSA) is 61.9 Å². The van der Waals surface area contributed by atoms with Crippen LogP contribution >= 0.6 is 0 Å². The molecule has 6 nitrogen and oxygen atoms in total. The van der Waals surface area contributed by atoms with Crippen molar-refractivity contribution in [3.63, 3.8) is 0 Å². The minimum Gasteiger partial charge on any atom is -0.490 e. The molecular formula is C26H33N3O3. The summed E-state index contributed by atoms with van der Waals surface area (Å²) in [4.78, 5) is 29.1. The molecule has 0 radical (unpaired) electrons. The van der Waals surface area contributed by atoms with Gasteiger partial charge in [0.25, 0.3) is 5.91 Å². The van der Waals surface area contributed by atoms with Gasteiger partial charge in [-0.1, -0.05) is 36.8 Å². The molecule has 1 heterocycles. The van der Waals surface area contributed by atoms with E-state index in [0.717, 1.165) is 30.6 Å². The summed E-state index contributed by atoms with van der Waals surface area (Å²) in [5.74, 6) is 0.913. The quantitative estimate of drug-likeness (QED) is 0.755. The van der Waals surface area contributed by atoms with E-state index in [0.29, 0.717) is 44.4 Å². The number of carbonyl (C=O) groups excluding carboxylic acids is 2. The third-order valence-electron chi connectivity index (χ3n) is 6.29. The lowest BCUT2D eigenvalue weighted by atomic mass is 9.98. The van der Waals surface area contributed by atoms with Crippen LogP contribution in [0.3, 0.4) is 0 Å². The fraction of sp³-hybridized carbons (Fsp3) is 0.462. The zero-order valence-electron chi connectivity index (χ0n) is 18.7. The van der Waals surface area contributed by atoms with Crippen molar-refractivity contribution in [1.29, 1.82) is 0 Å². The first kappa shape index (κ1) is 22.2. The van der Waals surface area contributed by atoms with Gasteiger partial charge in [-0.2, -0.15) is 0 Å². The number of hydrogen-bond acceptors (Lipinski definition) is 3. The van der Waals surface area contributed by atoms with Gasteiger partial charge in [0.15, 0.2) is 0 Å². The van der Waals surface area contributed by atoms with Gasteiger partial charge in [0.1, 0.15) is 5.75 Å². The first-order valence-electron chi connectivity index (χ1n) is 11.8. The molecular weight excluding hydrogens is 402 g/mol. The lowest BCUT2D eigenvalue weighted by Crippen LogP contribution is -2.42. The number of amides is 3. The van der Waals surface area contributed by atoms with E-state index < -0.39 is 0 Å². The number of benzene rings is 2. The monoisotopic (exact) mass is 435 g/mol. The Morgan fingerprint density at radius 1 is 0.844 bits per heavy atom. The summed E-state index contributed by atoms with van der Waals surface area (Å²) in [6.07, 6.45) is 7.12. The van der Waals surface area contributed by atoms with E-state index in [1.54, 1.807) is 4.90 Å². The second kappa shape index (κ2) is 11.0. The third kappa shape index (κ3) is 6.02. The highest BCUT2D eigenvalue weighted by atomic mass is 16.5. The summed E-state index contributed by atoms with van der Waals surface area (Å²) >= 11 is 0. The SMILES string of the molecule is O=C(NCc1cccc(OC2CCCCC2)c1)N1CCCN(C(=O)c2ccccc2)CC1. The van der Waals surface area contributed by atoms with Gasteiger partial charge >= 0.3 is 6.03 Å². The molecule has 2 aliphatic rings. The molecule has 1 saturated heterocycles. The van der Waals surface area contributed by atoms with Crippen LogP contribution in [-0.2, 0) is 6.54 Å². The highest BCUT2D eigenvalue weighted by Crippen LogP contribution is 2.24. The molecule has 1 aliphatic heterocycles. The number of nitrogens with zero attached hydrogens (tertiary/aromatic N) is 2. The first-order chi connectivity index (χ1) is 15.7. The zero-order valence-corrected chi connectivity index (χ0v) is 18.7. The molecule has 0 spiro atoms. The summed E-state index contributed by atoms with van der Waals surface area (Å²) < 4.78 is 6.15. The zero-order chi connectivity index (χ0) is 22.2. The standard InChI is InChI=1S/C26H33N3O3/c30-25(22-10-3-1-4-11-22)28-15-8-16-29(18-17-28)26(31)27-20-21-9-7-14-24(19-21)32-23-12-5-2-6-13-23/h1,3-4,7,9-11,14,19,23H,2,5-6,8,12-13,15-18,20H2,(H,27,31). The van der Waals surface area contributed by atoms with E-state index in [2.05, 4.69) is 5.32 Å². The normalized spacial score (nSPS) is 17.5. The molecule has 2 aromatic carbocycles. The predicted molar refractivity (Wildman–Crippen MR) is 125 cm³/mol. The summed E-state index contributed by atoms with van der Waals surface area (Å²) in [7, 11) is 0. The lowest BCUT2D eigenvalue weighted by Gasteiger charge is -2.23. The summed E-state index contributed by atoms with van der Waals surface area (Å²) in [5, 5.41) is 3.03. The van der Waals surface area contributed by atoms with Gasteiger partial charge in [-0.25, -0.2) is 4.79 Å². The maximum absolute atomic E-state index is 12.8. The van der Waals surface area contributed by atoms with Crippen LogP contribution in [0.1, 0.15) is 54.4 Å². The number of ether oxygens (including phenoxy) is 1. The van der Waals surface area contributed by atoms with Gasteiger partial charge in [-0.3, -0.25) is 4.79 Å². The van der Waals surface area contributed by atoms with Gasteiger partial charge in [0.2, 0.25) is 0 Å². The molecule has 0 aromatic heterocycles. The first-order valence-corrected chi connectivity index (χ1v) is 11.8. The maximum atomic E-state index is 12.8. The molecule has 32 heavy (non-hydrogen) atoms. The highest BCUT2D eigenvalue weighted by Gasteiger charge is 2.22. The van der Waals surface area contributed by atoms with Crippen LogP contribution in [0.5, 0.6) is 5.75 Å². The summed E-state index contributed by atoms with van der Waals surface area (Å²) in [6.45, 7) is 2.86. The van der Waals surface area contributed by atoms with E-state index in [1.165, 1.54) is 19.3 Å². The van der Waals surface area contributed by atoms with Crippen molar-refractivity contribution in [2.75, 3.05) is 26.2 Å². The van der Waals surface area contributed by atoms with Crippen molar-refractivity contribution in [1.82, 2.24) is 15.1 Å². The van der Waals surface area contributed by atoms with E-state index in [9.17, 15) is 9.59 Å². The number of nitrogens with one attached hydrogen (secondary N) is 1. The van der Waals surface area contributed by atoms with E-state index >= 15 is 0 Å². The second-order valence-corrected chi connectivity index (χ2v) is 8.68. The van der Waals surface area contributed by atoms with Crippen molar-refractivity contribution in [2.45, 2.75) is 51.2 Å². The molecule has 1 aliphatic carbocycles. The summed E-state index contributed by atoms with van der Waals surface area (Å²) in [6, 6.07) is 17.3. The number of carbonyl (C=O) groups is 2. The lowest BCUT2D eigenvalue weighted by molar-refractivity contribution is 0.0762. The summed E-state index contributed by atoms with van der Waals surface area (Å²) in [5.41, 5.74) is 1.73. The Morgan fingerprint density at radius 3 is 2.41 bits per heavy atom. The molecule has 2 fully saturated rings. The minimum atomic E-state index is -0.0855. The molecule has 0 unspecified atom stereocenters. The highest BCUT2D eigenvalue weighted by molar-refractivity contribution is 5.94. The fourth-order valence-corrected chi connectivity index (χ4v) is 4.48. The smallest absolute Gasteiger partial charge is 0.317 e.